The molecule has 10 heteroatoms. The van der Waals surface area contributed by atoms with Gasteiger partial charge in [0.2, 0.25) is 5.91 Å². The van der Waals surface area contributed by atoms with Gasteiger partial charge in [0.15, 0.2) is 11.5 Å². The van der Waals surface area contributed by atoms with Crippen molar-refractivity contribution in [2.75, 3.05) is 5.32 Å². The highest BCUT2D eigenvalue weighted by atomic mass is 32.1. The smallest absolute Gasteiger partial charge is 0.267 e. The van der Waals surface area contributed by atoms with Crippen molar-refractivity contribution in [3.05, 3.63) is 82.1 Å². The van der Waals surface area contributed by atoms with E-state index in [1.807, 2.05) is 47.8 Å². The molecule has 0 atom stereocenters. The zero-order valence-electron chi connectivity index (χ0n) is 17.0. The van der Waals surface area contributed by atoms with Crippen LogP contribution in [0.3, 0.4) is 0 Å². The normalized spacial score (nSPS) is 11.0. The van der Waals surface area contributed by atoms with Crippen molar-refractivity contribution >= 4 is 28.6 Å². The van der Waals surface area contributed by atoms with Gasteiger partial charge in [-0.15, -0.1) is 21.5 Å². The van der Waals surface area contributed by atoms with Gasteiger partial charge in [-0.05, 0) is 48.7 Å². The predicted molar refractivity (Wildman–Crippen MR) is 121 cm³/mol. The molecule has 0 spiro atoms. The van der Waals surface area contributed by atoms with E-state index in [-0.39, 0.29) is 18.0 Å². The topological polar surface area (TPSA) is 107 Å². The Morgan fingerprint density at radius 1 is 1.03 bits per heavy atom. The summed E-state index contributed by atoms with van der Waals surface area (Å²) >= 11 is 1.57. The number of nitrogens with zero attached hydrogens (tertiary/aromatic N) is 6. The van der Waals surface area contributed by atoms with Gasteiger partial charge in [0.1, 0.15) is 6.54 Å². The minimum atomic E-state index is -0.343. The number of benzene rings is 1. The third kappa shape index (κ3) is 3.91. The number of anilines is 1. The number of thiophene rings is 1. The minimum absolute atomic E-state index is 0.167. The van der Waals surface area contributed by atoms with Gasteiger partial charge in [-0.25, -0.2) is 4.68 Å². The molecule has 5 rings (SSSR count). The molecule has 0 bridgehead atoms. The van der Waals surface area contributed by atoms with E-state index >= 15 is 0 Å². The van der Waals surface area contributed by atoms with E-state index in [4.69, 9.17) is 5.10 Å². The van der Waals surface area contributed by atoms with Crippen molar-refractivity contribution in [1.82, 2.24) is 29.6 Å². The molecule has 4 aromatic heterocycles. The first-order valence-electron chi connectivity index (χ1n) is 9.78. The Morgan fingerprint density at radius 3 is 2.78 bits per heavy atom. The molecule has 0 radical (unpaired) electrons. The summed E-state index contributed by atoms with van der Waals surface area (Å²) in [6, 6.07) is 18.0. The number of aryl methyl sites for hydroxylation is 1. The molecule has 1 N–H and O–H groups in total. The highest BCUT2D eigenvalue weighted by Gasteiger charge is 2.12. The first kappa shape index (κ1) is 19.8. The standard InChI is InChI=1S/C22H17N7O2S/c1-14-7-10-21(31)28(26-14)13-20(30)23-16-5-2-4-15(12-16)17-8-9-19-24-25-22(29(19)27-17)18-6-3-11-32-18/h2-12H,13H2,1H3,(H,23,30). The Balaban J connectivity index is 1.41. The summed E-state index contributed by atoms with van der Waals surface area (Å²) in [5, 5.41) is 22.0. The second-order valence-corrected chi connectivity index (χ2v) is 8.04. The molecule has 0 aliphatic heterocycles. The highest BCUT2D eigenvalue weighted by molar-refractivity contribution is 7.13. The first-order chi connectivity index (χ1) is 15.6. The number of carbonyl (C=O) groups excluding carboxylic acids is 1. The fourth-order valence-corrected chi connectivity index (χ4v) is 3.95. The molecule has 32 heavy (non-hydrogen) atoms. The number of nitrogens with one attached hydrogen (secondary N) is 1. The highest BCUT2D eigenvalue weighted by Crippen LogP contribution is 2.25. The van der Waals surface area contributed by atoms with Gasteiger partial charge in [0.05, 0.1) is 16.3 Å². The largest absolute Gasteiger partial charge is 0.324 e. The van der Waals surface area contributed by atoms with Crippen LogP contribution in [0.2, 0.25) is 0 Å². The van der Waals surface area contributed by atoms with Gasteiger partial charge in [-0.2, -0.15) is 14.7 Å². The molecule has 4 heterocycles. The van der Waals surface area contributed by atoms with Crippen LogP contribution < -0.4 is 10.9 Å². The van der Waals surface area contributed by atoms with E-state index in [1.165, 1.54) is 6.07 Å². The molecule has 0 fully saturated rings. The van der Waals surface area contributed by atoms with Crippen molar-refractivity contribution in [3.63, 3.8) is 0 Å². The van der Waals surface area contributed by atoms with Crippen LogP contribution in [0, 0.1) is 6.92 Å². The average Bonchev–Trinajstić information content (AvgIpc) is 3.45. The van der Waals surface area contributed by atoms with Crippen LogP contribution in [-0.2, 0) is 11.3 Å². The second kappa shape index (κ2) is 8.16. The van der Waals surface area contributed by atoms with E-state index in [0.29, 0.717) is 28.5 Å². The van der Waals surface area contributed by atoms with Gasteiger partial charge >= 0.3 is 0 Å². The van der Waals surface area contributed by atoms with Crippen molar-refractivity contribution in [1.29, 1.82) is 0 Å². The number of aromatic nitrogens is 6. The maximum atomic E-state index is 12.5. The number of rotatable bonds is 5. The Hall–Kier alpha value is -4.18. The van der Waals surface area contributed by atoms with Crippen LogP contribution in [0.4, 0.5) is 5.69 Å². The summed E-state index contributed by atoms with van der Waals surface area (Å²) < 4.78 is 2.85. The molecule has 5 aromatic rings. The van der Waals surface area contributed by atoms with Crippen LogP contribution in [0.25, 0.3) is 27.6 Å². The van der Waals surface area contributed by atoms with Gasteiger partial charge in [0.25, 0.3) is 5.56 Å². The molecule has 0 unspecified atom stereocenters. The molecule has 0 saturated carbocycles. The Bertz CT molecular complexity index is 1490. The Morgan fingerprint density at radius 2 is 1.94 bits per heavy atom. The molecular formula is C22H17N7O2S. The fourth-order valence-electron chi connectivity index (χ4n) is 3.26. The van der Waals surface area contributed by atoms with Crippen molar-refractivity contribution in [2.45, 2.75) is 13.5 Å². The van der Waals surface area contributed by atoms with E-state index in [1.54, 1.807) is 34.9 Å². The van der Waals surface area contributed by atoms with Crippen LogP contribution >= 0.6 is 11.3 Å². The molecule has 9 nitrogen and oxygen atoms in total. The fraction of sp³-hybridized carbons (Fsp3) is 0.0909. The zero-order chi connectivity index (χ0) is 22.1. The number of hydrogen-bond donors (Lipinski definition) is 1. The lowest BCUT2D eigenvalue weighted by Crippen LogP contribution is -2.29. The van der Waals surface area contributed by atoms with Crippen LogP contribution in [0.15, 0.2) is 70.8 Å². The molecule has 158 valence electrons. The summed E-state index contributed by atoms with van der Waals surface area (Å²) in [6.45, 7) is 1.60. The van der Waals surface area contributed by atoms with E-state index in [2.05, 4.69) is 20.6 Å². The van der Waals surface area contributed by atoms with Crippen molar-refractivity contribution < 1.29 is 4.79 Å². The van der Waals surface area contributed by atoms with E-state index < -0.39 is 0 Å². The number of fused-ring (bicyclic) bond motifs is 1. The maximum Gasteiger partial charge on any atom is 0.267 e. The lowest BCUT2D eigenvalue weighted by molar-refractivity contribution is -0.117. The number of hydrogen-bond acceptors (Lipinski definition) is 7. The Labute approximate surface area is 186 Å². The SMILES string of the molecule is Cc1ccc(=O)n(CC(=O)Nc2cccc(-c3ccc4nnc(-c5cccs5)n4n3)c2)n1. The van der Waals surface area contributed by atoms with Crippen LogP contribution in [0.5, 0.6) is 0 Å². The second-order valence-electron chi connectivity index (χ2n) is 7.09. The quantitative estimate of drug-likeness (QED) is 0.447. The molecule has 0 saturated heterocycles. The molecule has 0 aliphatic rings. The zero-order valence-corrected chi connectivity index (χ0v) is 17.8. The lowest BCUT2D eigenvalue weighted by Gasteiger charge is -2.09. The Kier molecular flexibility index (Phi) is 5.04. The van der Waals surface area contributed by atoms with Gasteiger partial charge in [0, 0.05) is 17.3 Å². The molecule has 0 aliphatic carbocycles. The van der Waals surface area contributed by atoms with Crippen molar-refractivity contribution in [3.8, 4) is 22.0 Å². The number of amides is 1. The predicted octanol–water partition coefficient (Wildman–Crippen LogP) is 3.02. The average molecular weight is 443 g/mol. The van der Waals surface area contributed by atoms with Crippen LogP contribution in [0.1, 0.15) is 5.69 Å². The summed E-state index contributed by atoms with van der Waals surface area (Å²) in [7, 11) is 0. The monoisotopic (exact) mass is 443 g/mol. The third-order valence-corrected chi connectivity index (χ3v) is 5.61. The van der Waals surface area contributed by atoms with Gasteiger partial charge < -0.3 is 5.32 Å². The molecule has 1 aromatic carbocycles. The summed E-state index contributed by atoms with van der Waals surface area (Å²) in [5.41, 5.74) is 3.11. The summed E-state index contributed by atoms with van der Waals surface area (Å²) in [4.78, 5) is 25.3. The third-order valence-electron chi connectivity index (χ3n) is 4.74. The molecular weight excluding hydrogens is 426 g/mol. The molecule has 1 amide bonds. The first-order valence-corrected chi connectivity index (χ1v) is 10.7. The number of carbonyl (C=O) groups is 1. The summed E-state index contributed by atoms with van der Waals surface area (Å²) in [5.74, 6) is 0.335. The van der Waals surface area contributed by atoms with Crippen molar-refractivity contribution in [2.24, 2.45) is 0 Å². The summed E-state index contributed by atoms with van der Waals surface area (Å²) in [6.07, 6.45) is 0. The van der Waals surface area contributed by atoms with Crippen LogP contribution in [-0.4, -0.2) is 35.5 Å². The van der Waals surface area contributed by atoms with E-state index in [9.17, 15) is 9.59 Å². The van der Waals surface area contributed by atoms with Gasteiger partial charge in [-0.1, -0.05) is 18.2 Å². The minimum Gasteiger partial charge on any atom is -0.324 e. The maximum absolute atomic E-state index is 12.5. The lowest BCUT2D eigenvalue weighted by atomic mass is 10.1. The van der Waals surface area contributed by atoms with Gasteiger partial charge in [-0.3, -0.25) is 9.59 Å². The van der Waals surface area contributed by atoms with E-state index in [0.717, 1.165) is 15.1 Å².